The number of halogens is 1. The fourth-order valence-electron chi connectivity index (χ4n) is 1.97. The number of nitrogens with two attached hydrogens (primary N) is 1. The largest absolute Gasteiger partial charge is 0.488 e. The van der Waals surface area contributed by atoms with Gasteiger partial charge in [-0.15, -0.1) is 12.4 Å². The van der Waals surface area contributed by atoms with Crippen molar-refractivity contribution in [2.24, 2.45) is 5.73 Å². The van der Waals surface area contributed by atoms with Crippen LogP contribution in [0.2, 0.25) is 0 Å². The topological polar surface area (TPSA) is 61.5 Å². The molecule has 0 fully saturated rings. The molecule has 0 aromatic heterocycles. The lowest BCUT2D eigenvalue weighted by Gasteiger charge is -2.11. The number of rotatable bonds is 2. The van der Waals surface area contributed by atoms with Gasteiger partial charge in [0.15, 0.2) is 0 Å². The Kier molecular flexibility index (Phi) is 4.37. The first-order valence-electron chi connectivity index (χ1n) is 5.26. The van der Waals surface area contributed by atoms with E-state index < -0.39 is 0 Å². The minimum atomic E-state index is -0.328. The maximum atomic E-state index is 11.4. The van der Waals surface area contributed by atoms with E-state index in [0.29, 0.717) is 12.1 Å². The highest BCUT2D eigenvalue weighted by Crippen LogP contribution is 2.38. The predicted octanol–water partition coefficient (Wildman–Crippen LogP) is 1.72. The predicted molar refractivity (Wildman–Crippen MR) is 66.9 cm³/mol. The number of hydrogen-bond donors (Lipinski definition) is 1. The second kappa shape index (κ2) is 5.38. The molecule has 2 N–H and O–H groups in total. The Balaban J connectivity index is 0.00000144. The average molecular weight is 258 g/mol. The first-order chi connectivity index (χ1) is 7.67. The van der Waals surface area contributed by atoms with Crippen LogP contribution in [0.1, 0.15) is 28.8 Å². The number of ether oxygens (including phenoxy) is 2. The molecule has 17 heavy (non-hydrogen) atoms. The Morgan fingerprint density at radius 1 is 1.53 bits per heavy atom. The van der Waals surface area contributed by atoms with Gasteiger partial charge in [0, 0.05) is 18.0 Å². The average Bonchev–Trinajstić information content (AvgIpc) is 2.64. The lowest BCUT2D eigenvalue weighted by molar-refractivity contribution is 0.0600. The van der Waals surface area contributed by atoms with E-state index in [1.54, 1.807) is 12.1 Å². The van der Waals surface area contributed by atoms with E-state index in [4.69, 9.17) is 10.5 Å². The van der Waals surface area contributed by atoms with Gasteiger partial charge in [-0.1, -0.05) is 6.92 Å². The minimum absolute atomic E-state index is 0. The van der Waals surface area contributed by atoms with E-state index in [-0.39, 0.29) is 30.4 Å². The monoisotopic (exact) mass is 257 g/mol. The van der Waals surface area contributed by atoms with Crippen LogP contribution in [-0.2, 0) is 4.74 Å². The summed E-state index contributed by atoms with van der Waals surface area (Å²) in [6.45, 7) is 2.52. The standard InChI is InChI=1S/C12H15NO3.ClH/c1-7-9-5-8(12(14)15-2)3-4-10(9)16-11(7)6-13;/h3-5,7,11H,6,13H2,1-2H3;1H/t7-,11-;/m0./s1. The van der Waals surface area contributed by atoms with Gasteiger partial charge in [-0.25, -0.2) is 4.79 Å². The summed E-state index contributed by atoms with van der Waals surface area (Å²) in [5, 5.41) is 0. The van der Waals surface area contributed by atoms with Crippen LogP contribution in [0, 0.1) is 0 Å². The summed E-state index contributed by atoms with van der Waals surface area (Å²) in [6.07, 6.45) is 0.00268. The zero-order chi connectivity index (χ0) is 11.7. The van der Waals surface area contributed by atoms with Crippen LogP contribution in [0.3, 0.4) is 0 Å². The Hall–Kier alpha value is -1.26. The molecule has 0 amide bonds. The SMILES string of the molecule is COC(=O)c1ccc2c(c1)[C@H](C)[C@H](CN)O2.Cl. The van der Waals surface area contributed by atoms with E-state index >= 15 is 0 Å². The molecule has 0 aliphatic carbocycles. The van der Waals surface area contributed by atoms with Crippen LogP contribution in [0.15, 0.2) is 18.2 Å². The molecule has 0 saturated carbocycles. The molecule has 1 aliphatic heterocycles. The molecular formula is C12H16ClNO3. The summed E-state index contributed by atoms with van der Waals surface area (Å²) in [4.78, 5) is 11.4. The molecule has 1 aliphatic rings. The van der Waals surface area contributed by atoms with Gasteiger partial charge >= 0.3 is 5.97 Å². The van der Waals surface area contributed by atoms with Crippen LogP contribution in [-0.4, -0.2) is 25.7 Å². The van der Waals surface area contributed by atoms with Crippen LogP contribution in [0.25, 0.3) is 0 Å². The van der Waals surface area contributed by atoms with Gasteiger partial charge in [0.25, 0.3) is 0 Å². The molecule has 2 atom stereocenters. The molecule has 1 heterocycles. The third kappa shape index (κ3) is 2.37. The summed E-state index contributed by atoms with van der Waals surface area (Å²) in [5.41, 5.74) is 7.19. The Morgan fingerprint density at radius 2 is 2.24 bits per heavy atom. The van der Waals surface area contributed by atoms with Crippen molar-refractivity contribution in [1.29, 1.82) is 0 Å². The Morgan fingerprint density at radius 3 is 2.82 bits per heavy atom. The van der Waals surface area contributed by atoms with Crippen molar-refractivity contribution in [3.05, 3.63) is 29.3 Å². The van der Waals surface area contributed by atoms with Gasteiger partial charge in [-0.05, 0) is 18.2 Å². The van der Waals surface area contributed by atoms with Crippen molar-refractivity contribution in [2.75, 3.05) is 13.7 Å². The summed E-state index contributed by atoms with van der Waals surface area (Å²) in [7, 11) is 1.37. The van der Waals surface area contributed by atoms with E-state index in [1.807, 2.05) is 13.0 Å². The highest BCUT2D eigenvalue weighted by molar-refractivity contribution is 5.89. The number of benzene rings is 1. The number of methoxy groups -OCH3 is 1. The van der Waals surface area contributed by atoms with Gasteiger partial charge in [0.2, 0.25) is 0 Å². The van der Waals surface area contributed by atoms with E-state index in [1.165, 1.54) is 7.11 Å². The second-order valence-electron chi connectivity index (χ2n) is 3.92. The van der Waals surface area contributed by atoms with Crippen molar-refractivity contribution in [1.82, 2.24) is 0 Å². The van der Waals surface area contributed by atoms with E-state index in [9.17, 15) is 4.79 Å². The smallest absolute Gasteiger partial charge is 0.337 e. The van der Waals surface area contributed by atoms with Crippen molar-refractivity contribution in [3.63, 3.8) is 0 Å². The lowest BCUT2D eigenvalue weighted by Crippen LogP contribution is -2.26. The van der Waals surface area contributed by atoms with Crippen molar-refractivity contribution < 1.29 is 14.3 Å². The summed E-state index contributed by atoms with van der Waals surface area (Å²) in [5.74, 6) is 0.700. The molecule has 94 valence electrons. The summed E-state index contributed by atoms with van der Waals surface area (Å²) >= 11 is 0. The molecule has 1 aromatic rings. The van der Waals surface area contributed by atoms with E-state index in [0.717, 1.165) is 11.3 Å². The minimum Gasteiger partial charge on any atom is -0.488 e. The summed E-state index contributed by atoms with van der Waals surface area (Å²) in [6, 6.07) is 5.32. The lowest BCUT2D eigenvalue weighted by atomic mass is 9.96. The van der Waals surface area contributed by atoms with Crippen molar-refractivity contribution in [2.45, 2.75) is 18.9 Å². The van der Waals surface area contributed by atoms with Crippen LogP contribution in [0.4, 0.5) is 0 Å². The maximum absolute atomic E-state index is 11.4. The van der Waals surface area contributed by atoms with Gasteiger partial charge in [0.05, 0.1) is 12.7 Å². The number of fused-ring (bicyclic) bond motifs is 1. The first-order valence-corrected chi connectivity index (χ1v) is 5.26. The molecule has 2 rings (SSSR count). The van der Waals surface area contributed by atoms with Crippen LogP contribution in [0.5, 0.6) is 5.75 Å². The molecule has 0 spiro atoms. The van der Waals surface area contributed by atoms with Gasteiger partial charge in [-0.2, -0.15) is 0 Å². The number of esters is 1. The normalized spacial score (nSPS) is 21.1. The zero-order valence-corrected chi connectivity index (χ0v) is 10.6. The molecule has 0 unspecified atom stereocenters. The summed E-state index contributed by atoms with van der Waals surface area (Å²) < 4.78 is 10.3. The molecule has 5 heteroatoms. The van der Waals surface area contributed by atoms with Crippen LogP contribution < -0.4 is 10.5 Å². The van der Waals surface area contributed by atoms with Gasteiger partial charge in [0.1, 0.15) is 11.9 Å². The second-order valence-corrected chi connectivity index (χ2v) is 3.92. The Labute approximate surface area is 106 Å². The van der Waals surface area contributed by atoms with Gasteiger partial charge in [-0.3, -0.25) is 0 Å². The van der Waals surface area contributed by atoms with Gasteiger partial charge < -0.3 is 15.2 Å². The first kappa shape index (κ1) is 13.8. The van der Waals surface area contributed by atoms with E-state index in [2.05, 4.69) is 4.74 Å². The molecule has 1 aromatic carbocycles. The molecular weight excluding hydrogens is 242 g/mol. The highest BCUT2D eigenvalue weighted by atomic mass is 35.5. The third-order valence-electron chi connectivity index (χ3n) is 2.99. The molecule has 0 radical (unpaired) electrons. The maximum Gasteiger partial charge on any atom is 0.337 e. The molecule has 0 bridgehead atoms. The third-order valence-corrected chi connectivity index (χ3v) is 2.99. The Bertz CT molecular complexity index is 422. The van der Waals surface area contributed by atoms with Crippen LogP contribution >= 0.6 is 12.4 Å². The number of hydrogen-bond acceptors (Lipinski definition) is 4. The zero-order valence-electron chi connectivity index (χ0n) is 9.80. The number of carbonyl (C=O) groups is 1. The fraction of sp³-hybridized carbons (Fsp3) is 0.417. The number of carbonyl (C=O) groups excluding carboxylic acids is 1. The molecule has 0 saturated heterocycles. The highest BCUT2D eigenvalue weighted by Gasteiger charge is 2.30. The fourth-order valence-corrected chi connectivity index (χ4v) is 1.97. The molecule has 4 nitrogen and oxygen atoms in total. The van der Waals surface area contributed by atoms with Crippen molar-refractivity contribution >= 4 is 18.4 Å². The quantitative estimate of drug-likeness (QED) is 0.820. The van der Waals surface area contributed by atoms with Crippen molar-refractivity contribution in [3.8, 4) is 5.75 Å².